The minimum absolute atomic E-state index is 0.147. The number of rotatable bonds is 1. The predicted octanol–water partition coefficient (Wildman–Crippen LogP) is 2.68. The van der Waals surface area contributed by atoms with E-state index in [1.165, 1.54) is 19.3 Å². The largest absolute Gasteiger partial charge is 0.416 e. The summed E-state index contributed by atoms with van der Waals surface area (Å²) in [5, 5.41) is 3.37. The Labute approximate surface area is 122 Å². The molecule has 2 heterocycles. The topological polar surface area (TPSA) is 83.8 Å². The van der Waals surface area contributed by atoms with Gasteiger partial charge in [-0.15, -0.1) is 0 Å². The lowest BCUT2D eigenvalue weighted by Gasteiger charge is -2.05. The van der Waals surface area contributed by atoms with Gasteiger partial charge in [-0.1, -0.05) is 6.07 Å². The Morgan fingerprint density at radius 3 is 2.73 bits per heavy atom. The number of anilines is 1. The molecule has 0 aliphatic heterocycles. The van der Waals surface area contributed by atoms with E-state index in [0.29, 0.717) is 16.3 Å². The van der Waals surface area contributed by atoms with Gasteiger partial charge in [0.25, 0.3) is 5.91 Å². The van der Waals surface area contributed by atoms with E-state index in [4.69, 9.17) is 5.73 Å². The van der Waals surface area contributed by atoms with Crippen LogP contribution >= 0.6 is 0 Å². The molecule has 3 rings (SSSR count). The van der Waals surface area contributed by atoms with Crippen LogP contribution in [-0.4, -0.2) is 22.9 Å². The number of nitrogens with two attached hydrogens (primary N) is 1. The van der Waals surface area contributed by atoms with Gasteiger partial charge in [0.2, 0.25) is 0 Å². The summed E-state index contributed by atoms with van der Waals surface area (Å²) in [4.78, 5) is 18.6. The minimum Gasteiger partial charge on any atom is -0.383 e. The molecule has 0 saturated heterocycles. The van der Waals surface area contributed by atoms with Crippen LogP contribution in [0.15, 0.2) is 24.4 Å². The van der Waals surface area contributed by atoms with Crippen molar-refractivity contribution in [2.75, 3.05) is 12.8 Å². The van der Waals surface area contributed by atoms with Crippen molar-refractivity contribution in [1.82, 2.24) is 15.3 Å². The first-order chi connectivity index (χ1) is 10.3. The molecule has 0 radical (unpaired) electrons. The second kappa shape index (κ2) is 4.62. The van der Waals surface area contributed by atoms with Crippen molar-refractivity contribution in [1.29, 1.82) is 0 Å². The average molecular weight is 308 g/mol. The molecule has 0 fully saturated rings. The number of carbonyl (C=O) groups excluding carboxylic acids is 1. The number of fused-ring (bicyclic) bond motifs is 3. The van der Waals surface area contributed by atoms with Crippen LogP contribution in [0.4, 0.5) is 19.0 Å². The predicted molar refractivity (Wildman–Crippen MR) is 76.4 cm³/mol. The summed E-state index contributed by atoms with van der Waals surface area (Å²) in [6.45, 7) is 0. The smallest absolute Gasteiger partial charge is 0.383 e. The molecule has 1 amide bonds. The van der Waals surface area contributed by atoms with Crippen LogP contribution in [0.25, 0.3) is 21.8 Å². The standard InChI is InChI=1S/C14H11F3N4O/c1-19-13(22)8-5-20-12(18)10-7-3-2-6(14(15,16)17)4-9(7)21-11(8)10/h2-5,21H,1H3,(H2,18,20)(H,19,22). The average Bonchev–Trinajstić information content (AvgIpc) is 2.85. The maximum Gasteiger partial charge on any atom is 0.416 e. The van der Waals surface area contributed by atoms with Gasteiger partial charge in [-0.05, 0) is 12.1 Å². The van der Waals surface area contributed by atoms with Crippen molar-refractivity contribution < 1.29 is 18.0 Å². The van der Waals surface area contributed by atoms with Crippen molar-refractivity contribution in [2.24, 2.45) is 0 Å². The number of pyridine rings is 1. The maximum atomic E-state index is 12.8. The van der Waals surface area contributed by atoms with Gasteiger partial charge < -0.3 is 16.0 Å². The molecule has 22 heavy (non-hydrogen) atoms. The van der Waals surface area contributed by atoms with E-state index >= 15 is 0 Å². The van der Waals surface area contributed by atoms with Crippen LogP contribution in [-0.2, 0) is 6.18 Å². The van der Waals surface area contributed by atoms with E-state index in [9.17, 15) is 18.0 Å². The third-order valence-electron chi connectivity index (χ3n) is 3.46. The zero-order chi connectivity index (χ0) is 16.1. The Balaban J connectivity index is 2.38. The number of halogens is 3. The molecule has 5 nitrogen and oxygen atoms in total. The van der Waals surface area contributed by atoms with E-state index in [0.717, 1.165) is 12.1 Å². The maximum absolute atomic E-state index is 12.8. The molecular weight excluding hydrogens is 297 g/mol. The first-order valence-corrected chi connectivity index (χ1v) is 6.32. The van der Waals surface area contributed by atoms with Crippen molar-refractivity contribution in [3.63, 3.8) is 0 Å². The van der Waals surface area contributed by atoms with Gasteiger partial charge in [0.05, 0.1) is 22.0 Å². The van der Waals surface area contributed by atoms with Crippen LogP contribution in [0.2, 0.25) is 0 Å². The number of aromatic nitrogens is 2. The highest BCUT2D eigenvalue weighted by atomic mass is 19.4. The zero-order valence-corrected chi connectivity index (χ0v) is 11.4. The van der Waals surface area contributed by atoms with Crippen molar-refractivity contribution in [2.45, 2.75) is 6.18 Å². The molecule has 8 heteroatoms. The summed E-state index contributed by atoms with van der Waals surface area (Å²) in [7, 11) is 1.45. The Morgan fingerprint density at radius 1 is 1.36 bits per heavy atom. The number of amides is 1. The van der Waals surface area contributed by atoms with E-state index in [-0.39, 0.29) is 16.9 Å². The number of nitrogens with zero attached hydrogens (tertiary/aromatic N) is 1. The Morgan fingerprint density at radius 2 is 2.09 bits per heavy atom. The first-order valence-electron chi connectivity index (χ1n) is 6.32. The number of hydrogen-bond donors (Lipinski definition) is 3. The zero-order valence-electron chi connectivity index (χ0n) is 11.4. The highest BCUT2D eigenvalue weighted by molar-refractivity contribution is 6.18. The number of H-pyrrole nitrogens is 1. The fraction of sp³-hybridized carbons (Fsp3) is 0.143. The lowest BCUT2D eigenvalue weighted by atomic mass is 10.1. The molecule has 0 saturated carbocycles. The Bertz CT molecular complexity index is 898. The van der Waals surface area contributed by atoms with Gasteiger partial charge in [-0.3, -0.25) is 4.79 Å². The summed E-state index contributed by atoms with van der Waals surface area (Å²) in [5.41, 5.74) is 5.86. The van der Waals surface area contributed by atoms with Crippen LogP contribution in [0.3, 0.4) is 0 Å². The Hall–Kier alpha value is -2.77. The molecule has 114 valence electrons. The molecule has 0 unspecified atom stereocenters. The molecule has 2 aromatic heterocycles. The number of alkyl halides is 3. The summed E-state index contributed by atoms with van der Waals surface area (Å²) < 4.78 is 38.4. The summed E-state index contributed by atoms with van der Waals surface area (Å²) in [5.74, 6) is -0.256. The molecule has 1 aromatic carbocycles. The van der Waals surface area contributed by atoms with Crippen LogP contribution < -0.4 is 11.1 Å². The SMILES string of the molecule is CNC(=O)c1cnc(N)c2c1[nH]c1cc(C(F)(F)F)ccc12. The lowest BCUT2D eigenvalue weighted by molar-refractivity contribution is -0.137. The molecule has 3 aromatic rings. The van der Waals surface area contributed by atoms with Crippen LogP contribution in [0.5, 0.6) is 0 Å². The second-order valence-corrected chi connectivity index (χ2v) is 4.77. The molecular formula is C14H11F3N4O. The second-order valence-electron chi connectivity index (χ2n) is 4.77. The van der Waals surface area contributed by atoms with Crippen molar-refractivity contribution in [3.05, 3.63) is 35.5 Å². The number of nitrogens with one attached hydrogen (secondary N) is 2. The molecule has 0 aliphatic carbocycles. The van der Waals surface area contributed by atoms with Gasteiger partial charge in [-0.2, -0.15) is 13.2 Å². The van der Waals surface area contributed by atoms with Crippen LogP contribution in [0, 0.1) is 0 Å². The number of carbonyl (C=O) groups is 1. The fourth-order valence-electron chi connectivity index (χ4n) is 2.41. The van der Waals surface area contributed by atoms with E-state index in [2.05, 4.69) is 15.3 Å². The number of benzene rings is 1. The minimum atomic E-state index is -4.45. The van der Waals surface area contributed by atoms with Gasteiger partial charge in [0, 0.05) is 24.1 Å². The van der Waals surface area contributed by atoms with E-state index < -0.39 is 17.6 Å². The van der Waals surface area contributed by atoms with Gasteiger partial charge >= 0.3 is 6.18 Å². The molecule has 4 N–H and O–H groups in total. The van der Waals surface area contributed by atoms with E-state index in [1.54, 1.807) is 0 Å². The van der Waals surface area contributed by atoms with Gasteiger partial charge in [0.15, 0.2) is 0 Å². The van der Waals surface area contributed by atoms with Gasteiger partial charge in [-0.25, -0.2) is 4.98 Å². The molecule has 0 atom stereocenters. The number of aromatic amines is 1. The highest BCUT2D eigenvalue weighted by Crippen LogP contribution is 2.35. The van der Waals surface area contributed by atoms with Crippen molar-refractivity contribution >= 4 is 33.5 Å². The summed E-state index contributed by atoms with van der Waals surface area (Å²) in [6, 6.07) is 3.28. The highest BCUT2D eigenvalue weighted by Gasteiger charge is 2.31. The molecule has 0 bridgehead atoms. The normalized spacial score (nSPS) is 12.0. The monoisotopic (exact) mass is 308 g/mol. The fourth-order valence-corrected chi connectivity index (χ4v) is 2.41. The first kappa shape index (κ1) is 14.2. The number of hydrogen-bond acceptors (Lipinski definition) is 3. The third kappa shape index (κ3) is 2.03. The summed E-state index contributed by atoms with van der Waals surface area (Å²) in [6.07, 6.45) is -3.16. The van der Waals surface area contributed by atoms with E-state index in [1.807, 2.05) is 0 Å². The number of nitrogen functional groups attached to an aromatic ring is 1. The van der Waals surface area contributed by atoms with Crippen molar-refractivity contribution in [3.8, 4) is 0 Å². The molecule has 0 aliphatic rings. The quantitative estimate of drug-likeness (QED) is 0.646. The molecule has 0 spiro atoms. The summed E-state index contributed by atoms with van der Waals surface area (Å²) >= 11 is 0. The third-order valence-corrected chi connectivity index (χ3v) is 3.46. The van der Waals surface area contributed by atoms with Crippen LogP contribution in [0.1, 0.15) is 15.9 Å². The Kier molecular flexibility index (Phi) is 2.98. The van der Waals surface area contributed by atoms with Gasteiger partial charge in [0.1, 0.15) is 5.82 Å². The lowest BCUT2D eigenvalue weighted by Crippen LogP contribution is -2.18.